The second kappa shape index (κ2) is 6.10. The fourth-order valence-corrected chi connectivity index (χ4v) is 6.24. The highest BCUT2D eigenvalue weighted by Gasteiger charge is 2.28. The molecule has 6 nitrogen and oxygen atoms in total. The van der Waals surface area contributed by atoms with Crippen LogP contribution in [0.5, 0.6) is 0 Å². The van der Waals surface area contributed by atoms with E-state index in [1.807, 2.05) is 0 Å². The first-order chi connectivity index (χ1) is 9.32. The molecule has 1 aromatic heterocycles. The summed E-state index contributed by atoms with van der Waals surface area (Å²) in [7, 11) is -4.73. The minimum atomic E-state index is -3.55. The second-order valence-corrected chi connectivity index (χ2v) is 10.2. The van der Waals surface area contributed by atoms with Gasteiger partial charge in [-0.3, -0.25) is 0 Å². The highest BCUT2D eigenvalue weighted by atomic mass is 32.2. The van der Waals surface area contributed by atoms with E-state index in [-0.39, 0.29) is 21.8 Å². The number of rotatable bonds is 5. The van der Waals surface area contributed by atoms with Crippen molar-refractivity contribution in [2.45, 2.75) is 29.6 Å². The molecule has 0 unspecified atom stereocenters. The van der Waals surface area contributed by atoms with E-state index in [9.17, 15) is 16.8 Å². The average Bonchev–Trinajstić information content (AvgIpc) is 2.82. The zero-order valence-electron chi connectivity index (χ0n) is 11.1. The number of hydrogen-bond donors (Lipinski definition) is 2. The van der Waals surface area contributed by atoms with E-state index < -0.39 is 19.9 Å². The Hall–Kier alpha value is -0.480. The number of nitrogens with one attached hydrogen (secondary N) is 2. The Bertz CT molecular complexity index is 650. The first kappa shape index (κ1) is 15.9. The zero-order valence-corrected chi connectivity index (χ0v) is 13.6. The molecule has 2 heterocycles. The highest BCUT2D eigenvalue weighted by molar-refractivity contribution is 7.92. The molecule has 1 saturated heterocycles. The first-order valence-electron chi connectivity index (χ1n) is 6.28. The number of thiophene rings is 1. The van der Waals surface area contributed by atoms with Crippen LogP contribution in [0.3, 0.4) is 0 Å². The molecule has 114 valence electrons. The van der Waals surface area contributed by atoms with Crippen LogP contribution in [0.15, 0.2) is 16.3 Å². The SMILES string of the molecule is CNCc1ccc(S(=O)(=O)NC2CCS(=O)(=O)CC2)s1. The Labute approximate surface area is 123 Å². The maximum absolute atomic E-state index is 12.2. The molecule has 2 rings (SSSR count). The molecule has 0 aromatic carbocycles. The summed E-state index contributed by atoms with van der Waals surface area (Å²) in [4.78, 5) is 0.944. The van der Waals surface area contributed by atoms with Crippen molar-refractivity contribution in [3.05, 3.63) is 17.0 Å². The maximum atomic E-state index is 12.2. The van der Waals surface area contributed by atoms with Crippen molar-refractivity contribution in [1.29, 1.82) is 0 Å². The Kier molecular flexibility index (Phi) is 4.85. The molecular weight excluding hydrogens is 320 g/mol. The molecule has 0 radical (unpaired) electrons. The predicted molar refractivity (Wildman–Crippen MR) is 79.1 cm³/mol. The summed E-state index contributed by atoms with van der Waals surface area (Å²) in [5.41, 5.74) is 0. The van der Waals surface area contributed by atoms with Gasteiger partial charge in [0.05, 0.1) is 11.5 Å². The van der Waals surface area contributed by atoms with Gasteiger partial charge in [0.1, 0.15) is 14.0 Å². The molecule has 0 bridgehead atoms. The highest BCUT2D eigenvalue weighted by Crippen LogP contribution is 2.23. The summed E-state index contributed by atoms with van der Waals surface area (Å²) >= 11 is 1.22. The van der Waals surface area contributed by atoms with Gasteiger partial charge in [-0.1, -0.05) is 0 Å². The van der Waals surface area contributed by atoms with Crippen LogP contribution in [-0.2, 0) is 26.4 Å². The average molecular weight is 338 g/mol. The van der Waals surface area contributed by atoms with Crippen LogP contribution >= 0.6 is 11.3 Å². The lowest BCUT2D eigenvalue weighted by molar-refractivity contribution is 0.506. The largest absolute Gasteiger partial charge is 0.315 e. The van der Waals surface area contributed by atoms with Gasteiger partial charge in [0.25, 0.3) is 0 Å². The summed E-state index contributed by atoms with van der Waals surface area (Å²) < 4.78 is 49.9. The van der Waals surface area contributed by atoms with Gasteiger partial charge in [0, 0.05) is 17.5 Å². The quantitative estimate of drug-likeness (QED) is 0.807. The molecular formula is C11H18N2O4S3. The van der Waals surface area contributed by atoms with Crippen molar-refractivity contribution >= 4 is 31.2 Å². The smallest absolute Gasteiger partial charge is 0.250 e. The predicted octanol–water partition coefficient (Wildman–Crippen LogP) is 0.323. The normalized spacial score (nSPS) is 20.1. The van der Waals surface area contributed by atoms with E-state index in [0.29, 0.717) is 19.4 Å². The molecule has 0 amide bonds. The van der Waals surface area contributed by atoms with Gasteiger partial charge in [0.15, 0.2) is 0 Å². The third-order valence-corrected chi connectivity index (χ3v) is 7.94. The van der Waals surface area contributed by atoms with E-state index in [4.69, 9.17) is 0 Å². The summed E-state index contributed by atoms with van der Waals surface area (Å²) in [6, 6.07) is 3.07. The number of sulfonamides is 1. The van der Waals surface area contributed by atoms with E-state index in [2.05, 4.69) is 10.0 Å². The molecule has 20 heavy (non-hydrogen) atoms. The van der Waals surface area contributed by atoms with Crippen molar-refractivity contribution in [3.8, 4) is 0 Å². The third-order valence-electron chi connectivity index (χ3n) is 3.13. The van der Waals surface area contributed by atoms with Crippen LogP contribution in [-0.4, -0.2) is 41.4 Å². The number of sulfone groups is 1. The van der Waals surface area contributed by atoms with Crippen LogP contribution in [0.1, 0.15) is 17.7 Å². The Balaban J connectivity index is 2.03. The van der Waals surface area contributed by atoms with Gasteiger partial charge in [-0.15, -0.1) is 11.3 Å². The topological polar surface area (TPSA) is 92.3 Å². The lowest BCUT2D eigenvalue weighted by Gasteiger charge is -2.22. The molecule has 0 aliphatic carbocycles. The summed E-state index contributed by atoms with van der Waals surface area (Å²) in [6.07, 6.45) is 0.687. The van der Waals surface area contributed by atoms with Crippen molar-refractivity contribution in [2.24, 2.45) is 0 Å². The monoisotopic (exact) mass is 338 g/mol. The minimum absolute atomic E-state index is 0.0512. The fourth-order valence-electron chi connectivity index (χ4n) is 2.06. The number of hydrogen-bond acceptors (Lipinski definition) is 6. The third kappa shape index (κ3) is 4.01. The van der Waals surface area contributed by atoms with Gasteiger partial charge in [-0.25, -0.2) is 21.6 Å². The van der Waals surface area contributed by atoms with Gasteiger partial charge in [-0.05, 0) is 32.0 Å². The summed E-state index contributed by atoms with van der Waals surface area (Å²) in [5, 5.41) is 2.97. The van der Waals surface area contributed by atoms with E-state index in [1.165, 1.54) is 11.3 Å². The van der Waals surface area contributed by atoms with Crippen LogP contribution in [0.2, 0.25) is 0 Å². The molecule has 0 saturated carbocycles. The van der Waals surface area contributed by atoms with Crippen LogP contribution in [0.4, 0.5) is 0 Å². The standard InChI is InChI=1S/C11H18N2O4S3/c1-12-8-10-2-3-11(18-10)20(16,17)13-9-4-6-19(14,15)7-5-9/h2-3,9,12-13H,4-8H2,1H3. The van der Waals surface area contributed by atoms with Crippen LogP contribution < -0.4 is 10.0 Å². The van der Waals surface area contributed by atoms with Crippen LogP contribution in [0.25, 0.3) is 0 Å². The Morgan fingerprint density at radius 1 is 1.30 bits per heavy atom. The first-order valence-corrected chi connectivity index (χ1v) is 10.4. The molecule has 1 aromatic rings. The van der Waals surface area contributed by atoms with Gasteiger partial charge >= 0.3 is 0 Å². The van der Waals surface area contributed by atoms with Crippen LogP contribution in [0, 0.1) is 0 Å². The van der Waals surface area contributed by atoms with E-state index >= 15 is 0 Å². The van der Waals surface area contributed by atoms with Crippen molar-refractivity contribution < 1.29 is 16.8 Å². The lowest BCUT2D eigenvalue weighted by atomic mass is 10.2. The van der Waals surface area contributed by atoms with E-state index in [1.54, 1.807) is 19.2 Å². The molecule has 1 aliphatic heterocycles. The molecule has 1 fully saturated rings. The van der Waals surface area contributed by atoms with Gasteiger partial charge < -0.3 is 5.32 Å². The molecule has 2 N–H and O–H groups in total. The Morgan fingerprint density at radius 3 is 2.55 bits per heavy atom. The van der Waals surface area contributed by atoms with Crippen molar-refractivity contribution in [3.63, 3.8) is 0 Å². The molecule has 0 atom stereocenters. The maximum Gasteiger partial charge on any atom is 0.250 e. The van der Waals surface area contributed by atoms with Gasteiger partial charge in [-0.2, -0.15) is 0 Å². The zero-order chi connectivity index (χ0) is 14.8. The van der Waals surface area contributed by atoms with Crippen molar-refractivity contribution in [1.82, 2.24) is 10.0 Å². The minimum Gasteiger partial charge on any atom is -0.315 e. The Morgan fingerprint density at radius 2 is 1.95 bits per heavy atom. The lowest BCUT2D eigenvalue weighted by Crippen LogP contribution is -2.40. The summed E-state index contributed by atoms with van der Waals surface area (Å²) in [6.45, 7) is 0.627. The molecule has 1 aliphatic rings. The fraction of sp³-hybridized carbons (Fsp3) is 0.636. The summed E-state index contributed by atoms with van der Waals surface area (Å²) in [5.74, 6) is 0.102. The van der Waals surface area contributed by atoms with E-state index in [0.717, 1.165) is 4.88 Å². The van der Waals surface area contributed by atoms with Gasteiger partial charge in [0.2, 0.25) is 10.0 Å². The molecule has 9 heteroatoms. The second-order valence-electron chi connectivity index (χ2n) is 4.80. The molecule has 0 spiro atoms. The van der Waals surface area contributed by atoms with Crippen molar-refractivity contribution in [2.75, 3.05) is 18.6 Å².